The molecule has 1 aliphatic rings. The predicted molar refractivity (Wildman–Crippen MR) is 66.1 cm³/mol. The minimum atomic E-state index is 0.801. The summed E-state index contributed by atoms with van der Waals surface area (Å²) < 4.78 is 0. The van der Waals surface area contributed by atoms with Gasteiger partial charge in [-0.05, 0) is 41.7 Å². The minimum Gasteiger partial charge on any atom is -0.0651 e. The van der Waals surface area contributed by atoms with E-state index >= 15 is 0 Å². The molecule has 82 valence electrons. The molecule has 1 aromatic rings. The summed E-state index contributed by atoms with van der Waals surface area (Å²) in [6.45, 7) is 7.11. The van der Waals surface area contributed by atoms with Crippen LogP contribution in [-0.4, -0.2) is 0 Å². The SMILES string of the molecule is CCC(C)C1CC(C)Cc2ccccc21. The van der Waals surface area contributed by atoms with Crippen molar-refractivity contribution in [3.8, 4) is 0 Å². The van der Waals surface area contributed by atoms with Crippen molar-refractivity contribution < 1.29 is 0 Å². The molecule has 0 aliphatic heterocycles. The topological polar surface area (TPSA) is 0 Å². The summed E-state index contributed by atoms with van der Waals surface area (Å²) in [4.78, 5) is 0. The van der Waals surface area contributed by atoms with Gasteiger partial charge in [-0.3, -0.25) is 0 Å². The number of fused-ring (bicyclic) bond motifs is 1. The van der Waals surface area contributed by atoms with Crippen LogP contribution in [0.15, 0.2) is 24.3 Å². The molecule has 0 nitrogen and oxygen atoms in total. The summed E-state index contributed by atoms with van der Waals surface area (Å²) >= 11 is 0. The first-order valence-electron chi connectivity index (χ1n) is 6.30. The molecule has 0 spiro atoms. The van der Waals surface area contributed by atoms with Crippen LogP contribution in [0, 0.1) is 11.8 Å². The van der Waals surface area contributed by atoms with Crippen molar-refractivity contribution in [3.05, 3.63) is 35.4 Å². The lowest BCUT2D eigenvalue weighted by Gasteiger charge is -2.33. The lowest BCUT2D eigenvalue weighted by molar-refractivity contribution is 0.340. The molecular formula is C15H22. The fraction of sp³-hybridized carbons (Fsp3) is 0.600. The van der Waals surface area contributed by atoms with Crippen LogP contribution in [0.4, 0.5) is 0 Å². The van der Waals surface area contributed by atoms with E-state index in [-0.39, 0.29) is 0 Å². The summed E-state index contributed by atoms with van der Waals surface area (Å²) in [5.41, 5.74) is 3.23. The van der Waals surface area contributed by atoms with Gasteiger partial charge < -0.3 is 0 Å². The van der Waals surface area contributed by atoms with E-state index in [4.69, 9.17) is 0 Å². The van der Waals surface area contributed by atoms with Crippen LogP contribution >= 0.6 is 0 Å². The highest BCUT2D eigenvalue weighted by Gasteiger charge is 2.27. The van der Waals surface area contributed by atoms with E-state index in [1.807, 2.05) is 0 Å². The molecule has 1 aliphatic carbocycles. The Bertz CT molecular complexity index is 327. The Morgan fingerprint density at radius 2 is 2.07 bits per heavy atom. The highest BCUT2D eigenvalue weighted by Crippen LogP contribution is 2.40. The molecule has 0 aromatic heterocycles. The Hall–Kier alpha value is -0.780. The monoisotopic (exact) mass is 202 g/mol. The van der Waals surface area contributed by atoms with Crippen LogP contribution in [0.1, 0.15) is 50.7 Å². The molecule has 3 atom stereocenters. The molecule has 0 fully saturated rings. The average molecular weight is 202 g/mol. The largest absolute Gasteiger partial charge is 0.0651 e. The number of rotatable bonds is 2. The highest BCUT2D eigenvalue weighted by molar-refractivity contribution is 5.33. The molecule has 0 N–H and O–H groups in total. The van der Waals surface area contributed by atoms with Gasteiger partial charge in [0.1, 0.15) is 0 Å². The third kappa shape index (κ3) is 2.09. The fourth-order valence-electron chi connectivity index (χ4n) is 2.92. The zero-order chi connectivity index (χ0) is 10.8. The maximum atomic E-state index is 2.40. The maximum Gasteiger partial charge on any atom is -0.0131 e. The normalized spacial score (nSPS) is 27.1. The predicted octanol–water partition coefficient (Wildman–Crippen LogP) is 4.40. The Morgan fingerprint density at radius 3 is 2.80 bits per heavy atom. The van der Waals surface area contributed by atoms with E-state index in [9.17, 15) is 0 Å². The van der Waals surface area contributed by atoms with Crippen molar-refractivity contribution in [1.82, 2.24) is 0 Å². The third-order valence-corrected chi connectivity index (χ3v) is 4.01. The van der Waals surface area contributed by atoms with Crippen LogP contribution in [-0.2, 0) is 6.42 Å². The Balaban J connectivity index is 2.34. The lowest BCUT2D eigenvalue weighted by Crippen LogP contribution is -2.21. The Kier molecular flexibility index (Phi) is 3.14. The van der Waals surface area contributed by atoms with E-state index in [0.29, 0.717) is 0 Å². The summed E-state index contributed by atoms with van der Waals surface area (Å²) in [6, 6.07) is 9.05. The molecule has 15 heavy (non-hydrogen) atoms. The molecule has 2 rings (SSSR count). The molecule has 0 radical (unpaired) electrons. The Labute approximate surface area is 93.7 Å². The van der Waals surface area contributed by atoms with Crippen molar-refractivity contribution in [3.63, 3.8) is 0 Å². The molecule has 0 heteroatoms. The number of hydrogen-bond donors (Lipinski definition) is 0. The summed E-state index contributed by atoms with van der Waals surface area (Å²) in [7, 11) is 0. The standard InChI is InChI=1S/C15H22/c1-4-12(3)15-10-11(2)9-13-7-5-6-8-14(13)15/h5-8,11-12,15H,4,9-10H2,1-3H3. The lowest BCUT2D eigenvalue weighted by atomic mass is 9.72. The van der Waals surface area contributed by atoms with Gasteiger partial charge in [-0.15, -0.1) is 0 Å². The van der Waals surface area contributed by atoms with E-state index in [1.165, 1.54) is 19.3 Å². The van der Waals surface area contributed by atoms with Crippen molar-refractivity contribution in [1.29, 1.82) is 0 Å². The van der Waals surface area contributed by atoms with Crippen molar-refractivity contribution in [2.24, 2.45) is 11.8 Å². The van der Waals surface area contributed by atoms with Gasteiger partial charge in [-0.25, -0.2) is 0 Å². The molecule has 0 amide bonds. The second-order valence-electron chi connectivity index (χ2n) is 5.24. The van der Waals surface area contributed by atoms with E-state index in [2.05, 4.69) is 45.0 Å². The van der Waals surface area contributed by atoms with E-state index in [0.717, 1.165) is 17.8 Å². The zero-order valence-corrected chi connectivity index (χ0v) is 10.2. The van der Waals surface area contributed by atoms with E-state index in [1.54, 1.807) is 11.1 Å². The molecule has 3 unspecified atom stereocenters. The van der Waals surface area contributed by atoms with Gasteiger partial charge in [0.25, 0.3) is 0 Å². The summed E-state index contributed by atoms with van der Waals surface area (Å²) in [6.07, 6.45) is 3.96. The number of hydrogen-bond acceptors (Lipinski definition) is 0. The van der Waals surface area contributed by atoms with Crippen molar-refractivity contribution in [2.75, 3.05) is 0 Å². The highest BCUT2D eigenvalue weighted by atomic mass is 14.3. The average Bonchev–Trinajstić information content (AvgIpc) is 2.26. The quantitative estimate of drug-likeness (QED) is 0.667. The number of benzene rings is 1. The van der Waals surface area contributed by atoms with Crippen LogP contribution < -0.4 is 0 Å². The maximum absolute atomic E-state index is 2.40. The van der Waals surface area contributed by atoms with Gasteiger partial charge in [0, 0.05) is 0 Å². The molecule has 0 saturated carbocycles. The van der Waals surface area contributed by atoms with Gasteiger partial charge >= 0.3 is 0 Å². The summed E-state index contributed by atoms with van der Waals surface area (Å²) in [5, 5.41) is 0. The summed E-state index contributed by atoms with van der Waals surface area (Å²) in [5.74, 6) is 2.49. The van der Waals surface area contributed by atoms with Crippen molar-refractivity contribution in [2.45, 2.75) is 46.0 Å². The smallest absolute Gasteiger partial charge is 0.0131 e. The second kappa shape index (κ2) is 4.38. The molecule has 0 bridgehead atoms. The minimum absolute atomic E-state index is 0.801. The first-order valence-corrected chi connectivity index (χ1v) is 6.30. The molecule has 0 saturated heterocycles. The first-order chi connectivity index (χ1) is 7.22. The van der Waals surface area contributed by atoms with Crippen LogP contribution in [0.5, 0.6) is 0 Å². The van der Waals surface area contributed by atoms with Gasteiger partial charge in [0.2, 0.25) is 0 Å². The van der Waals surface area contributed by atoms with E-state index < -0.39 is 0 Å². The fourth-order valence-corrected chi connectivity index (χ4v) is 2.92. The van der Waals surface area contributed by atoms with Crippen molar-refractivity contribution >= 4 is 0 Å². The molecule has 0 heterocycles. The van der Waals surface area contributed by atoms with Crippen LogP contribution in [0.3, 0.4) is 0 Å². The zero-order valence-electron chi connectivity index (χ0n) is 10.2. The van der Waals surface area contributed by atoms with Gasteiger partial charge in [0.15, 0.2) is 0 Å². The van der Waals surface area contributed by atoms with Crippen LogP contribution in [0.2, 0.25) is 0 Å². The third-order valence-electron chi connectivity index (χ3n) is 4.01. The van der Waals surface area contributed by atoms with Gasteiger partial charge in [-0.1, -0.05) is 51.5 Å². The van der Waals surface area contributed by atoms with Crippen LogP contribution in [0.25, 0.3) is 0 Å². The molecular weight excluding hydrogens is 180 g/mol. The Morgan fingerprint density at radius 1 is 1.33 bits per heavy atom. The molecule has 1 aromatic carbocycles. The van der Waals surface area contributed by atoms with Gasteiger partial charge in [-0.2, -0.15) is 0 Å². The first kappa shape index (κ1) is 10.7. The second-order valence-corrected chi connectivity index (χ2v) is 5.24. The van der Waals surface area contributed by atoms with Gasteiger partial charge in [0.05, 0.1) is 0 Å².